The van der Waals surface area contributed by atoms with Gasteiger partial charge in [-0.1, -0.05) is 30.3 Å². The third-order valence-corrected chi connectivity index (χ3v) is 4.80. The van der Waals surface area contributed by atoms with Crippen LogP contribution in [0.1, 0.15) is 25.8 Å². The van der Waals surface area contributed by atoms with Gasteiger partial charge in [0.1, 0.15) is 5.75 Å². The van der Waals surface area contributed by atoms with Gasteiger partial charge in [-0.25, -0.2) is 4.79 Å². The van der Waals surface area contributed by atoms with Crippen molar-refractivity contribution in [3.63, 3.8) is 0 Å². The molecule has 0 saturated carbocycles. The van der Waals surface area contributed by atoms with Crippen molar-refractivity contribution in [2.75, 3.05) is 24.6 Å². The number of urea groups is 1. The van der Waals surface area contributed by atoms with Gasteiger partial charge in [-0.2, -0.15) is 0 Å². The van der Waals surface area contributed by atoms with Crippen molar-refractivity contribution in [3.8, 4) is 5.75 Å². The summed E-state index contributed by atoms with van der Waals surface area (Å²) in [5, 5.41) is 3.01. The van der Waals surface area contributed by atoms with E-state index in [2.05, 4.69) is 5.32 Å². The van der Waals surface area contributed by atoms with E-state index in [9.17, 15) is 9.59 Å². The lowest BCUT2D eigenvalue weighted by atomic mass is 10.2. The number of nitrogens with one attached hydrogen (secondary N) is 1. The standard InChI is InChI=1S/C22H27N3O3/c1-3-24(15-17-8-6-5-7-9-17)22(27)23-18-14-21(26)25(16-18)19-10-12-20(13-11-19)28-4-2/h5-13,18H,3-4,14-16H2,1-2H3,(H,23,27)/t18-/m1/s1. The first-order chi connectivity index (χ1) is 13.6. The van der Waals surface area contributed by atoms with Crippen molar-refractivity contribution < 1.29 is 14.3 Å². The van der Waals surface area contributed by atoms with Gasteiger partial charge in [0.15, 0.2) is 0 Å². The lowest BCUT2D eigenvalue weighted by Gasteiger charge is -2.24. The molecule has 2 aromatic rings. The zero-order valence-corrected chi connectivity index (χ0v) is 16.4. The number of amides is 3. The van der Waals surface area contributed by atoms with Gasteiger partial charge >= 0.3 is 6.03 Å². The second-order valence-electron chi connectivity index (χ2n) is 6.78. The summed E-state index contributed by atoms with van der Waals surface area (Å²) in [6, 6.07) is 17.0. The second-order valence-corrected chi connectivity index (χ2v) is 6.78. The molecule has 0 radical (unpaired) electrons. The fourth-order valence-electron chi connectivity index (χ4n) is 3.34. The van der Waals surface area contributed by atoms with Gasteiger partial charge in [0.05, 0.1) is 12.6 Å². The molecule has 1 saturated heterocycles. The molecule has 1 N–H and O–H groups in total. The molecule has 1 aliphatic heterocycles. The lowest BCUT2D eigenvalue weighted by molar-refractivity contribution is -0.117. The molecular formula is C22H27N3O3. The van der Waals surface area contributed by atoms with E-state index < -0.39 is 0 Å². The summed E-state index contributed by atoms with van der Waals surface area (Å²) in [7, 11) is 0. The van der Waals surface area contributed by atoms with Gasteiger partial charge in [-0.3, -0.25) is 4.79 Å². The van der Waals surface area contributed by atoms with Crippen LogP contribution in [0.5, 0.6) is 5.75 Å². The fraction of sp³-hybridized carbons (Fsp3) is 0.364. The van der Waals surface area contributed by atoms with E-state index in [0.29, 0.717) is 32.7 Å². The highest BCUT2D eigenvalue weighted by atomic mass is 16.5. The SMILES string of the molecule is CCOc1ccc(N2C[C@H](NC(=O)N(CC)Cc3ccccc3)CC2=O)cc1. The zero-order valence-electron chi connectivity index (χ0n) is 16.4. The summed E-state index contributed by atoms with van der Waals surface area (Å²) in [5.41, 5.74) is 1.90. The van der Waals surface area contributed by atoms with Gasteiger partial charge < -0.3 is 19.9 Å². The molecule has 1 heterocycles. The molecule has 148 valence electrons. The van der Waals surface area contributed by atoms with Crippen LogP contribution in [-0.4, -0.2) is 42.6 Å². The fourth-order valence-corrected chi connectivity index (χ4v) is 3.34. The number of nitrogens with zero attached hydrogens (tertiary/aromatic N) is 2. The minimum absolute atomic E-state index is 0.0144. The monoisotopic (exact) mass is 381 g/mol. The van der Waals surface area contributed by atoms with Crippen LogP contribution in [0.2, 0.25) is 0 Å². The highest BCUT2D eigenvalue weighted by molar-refractivity contribution is 5.96. The molecule has 6 heteroatoms. The van der Waals surface area contributed by atoms with E-state index in [1.165, 1.54) is 0 Å². The Labute approximate surface area is 166 Å². The largest absolute Gasteiger partial charge is 0.494 e. The van der Waals surface area contributed by atoms with Crippen LogP contribution in [0.3, 0.4) is 0 Å². The highest BCUT2D eigenvalue weighted by Crippen LogP contribution is 2.24. The Balaban J connectivity index is 1.59. The number of rotatable bonds is 7. The van der Waals surface area contributed by atoms with Gasteiger partial charge in [0.25, 0.3) is 0 Å². The number of hydrogen-bond donors (Lipinski definition) is 1. The molecule has 1 aliphatic rings. The highest BCUT2D eigenvalue weighted by Gasteiger charge is 2.32. The average Bonchev–Trinajstić information content (AvgIpc) is 3.07. The van der Waals surface area contributed by atoms with E-state index >= 15 is 0 Å². The van der Waals surface area contributed by atoms with Gasteiger partial charge in [-0.05, 0) is 43.7 Å². The molecule has 0 unspecified atom stereocenters. The minimum Gasteiger partial charge on any atom is -0.494 e. The first kappa shape index (κ1) is 19.7. The van der Waals surface area contributed by atoms with Crippen LogP contribution in [0, 0.1) is 0 Å². The molecule has 0 aliphatic carbocycles. The molecule has 1 fully saturated rings. The third-order valence-electron chi connectivity index (χ3n) is 4.80. The van der Waals surface area contributed by atoms with Gasteiger partial charge in [-0.15, -0.1) is 0 Å². The van der Waals surface area contributed by atoms with Crippen LogP contribution >= 0.6 is 0 Å². The molecule has 0 spiro atoms. The first-order valence-electron chi connectivity index (χ1n) is 9.73. The van der Waals surface area contributed by atoms with Crippen LogP contribution in [-0.2, 0) is 11.3 Å². The van der Waals surface area contributed by atoms with E-state index in [-0.39, 0.29) is 18.0 Å². The zero-order chi connectivity index (χ0) is 19.9. The Bertz CT molecular complexity index is 792. The van der Waals surface area contributed by atoms with E-state index in [0.717, 1.165) is 17.0 Å². The summed E-state index contributed by atoms with van der Waals surface area (Å²) in [4.78, 5) is 28.6. The first-order valence-corrected chi connectivity index (χ1v) is 9.73. The van der Waals surface area contributed by atoms with Gasteiger partial charge in [0, 0.05) is 31.7 Å². The second kappa shape index (κ2) is 9.26. The van der Waals surface area contributed by atoms with Crippen molar-refractivity contribution in [2.24, 2.45) is 0 Å². The quantitative estimate of drug-likeness (QED) is 0.799. The Morgan fingerprint density at radius 2 is 1.86 bits per heavy atom. The Morgan fingerprint density at radius 1 is 1.14 bits per heavy atom. The molecule has 3 rings (SSSR count). The maximum atomic E-state index is 12.7. The number of carbonyl (C=O) groups excluding carboxylic acids is 2. The molecule has 1 atom stereocenters. The molecule has 3 amide bonds. The number of benzene rings is 2. The molecule has 6 nitrogen and oxygen atoms in total. The van der Waals surface area contributed by atoms with Crippen molar-refractivity contribution in [2.45, 2.75) is 32.9 Å². The summed E-state index contributed by atoms with van der Waals surface area (Å²) in [5.74, 6) is 0.794. The van der Waals surface area contributed by atoms with Crippen LogP contribution in [0.15, 0.2) is 54.6 Å². The van der Waals surface area contributed by atoms with Crippen molar-refractivity contribution in [1.29, 1.82) is 0 Å². The van der Waals surface area contributed by atoms with E-state index in [4.69, 9.17) is 4.74 Å². The number of ether oxygens (including phenoxy) is 1. The van der Waals surface area contributed by atoms with Crippen molar-refractivity contribution in [1.82, 2.24) is 10.2 Å². The number of carbonyl (C=O) groups is 2. The van der Waals surface area contributed by atoms with Crippen LogP contribution in [0.25, 0.3) is 0 Å². The topological polar surface area (TPSA) is 61.9 Å². The maximum Gasteiger partial charge on any atom is 0.317 e. The molecule has 0 bridgehead atoms. The Morgan fingerprint density at radius 3 is 2.50 bits per heavy atom. The third kappa shape index (κ3) is 4.82. The smallest absolute Gasteiger partial charge is 0.317 e. The van der Waals surface area contributed by atoms with Gasteiger partial charge in [0.2, 0.25) is 5.91 Å². The molecule has 28 heavy (non-hydrogen) atoms. The number of hydrogen-bond acceptors (Lipinski definition) is 3. The molecular weight excluding hydrogens is 354 g/mol. The predicted molar refractivity (Wildman–Crippen MR) is 109 cm³/mol. The summed E-state index contributed by atoms with van der Waals surface area (Å²) in [6.45, 7) is 6.11. The summed E-state index contributed by atoms with van der Waals surface area (Å²) < 4.78 is 5.45. The lowest BCUT2D eigenvalue weighted by Crippen LogP contribution is -2.45. The maximum absolute atomic E-state index is 12.7. The van der Waals surface area contributed by atoms with Crippen LogP contribution < -0.4 is 15.0 Å². The Hall–Kier alpha value is -3.02. The predicted octanol–water partition coefficient (Wildman–Crippen LogP) is 3.42. The van der Waals surface area contributed by atoms with Crippen molar-refractivity contribution in [3.05, 3.63) is 60.2 Å². The molecule has 2 aromatic carbocycles. The summed E-state index contributed by atoms with van der Waals surface area (Å²) >= 11 is 0. The normalized spacial score (nSPS) is 16.1. The number of anilines is 1. The van der Waals surface area contributed by atoms with E-state index in [1.54, 1.807) is 9.80 Å². The summed E-state index contributed by atoms with van der Waals surface area (Å²) in [6.07, 6.45) is 0.307. The van der Waals surface area contributed by atoms with Crippen LogP contribution in [0.4, 0.5) is 10.5 Å². The average molecular weight is 381 g/mol. The molecule has 0 aromatic heterocycles. The minimum atomic E-state index is -0.198. The van der Waals surface area contributed by atoms with Crippen molar-refractivity contribution >= 4 is 17.6 Å². The Kier molecular flexibility index (Phi) is 6.53. The van der Waals surface area contributed by atoms with E-state index in [1.807, 2.05) is 68.4 Å².